The van der Waals surface area contributed by atoms with Crippen LogP contribution >= 0.6 is 0 Å². The van der Waals surface area contributed by atoms with Crippen molar-refractivity contribution in [2.75, 3.05) is 5.75 Å². The van der Waals surface area contributed by atoms with Crippen LogP contribution in [0.1, 0.15) is 12.0 Å². The normalized spacial score (nSPS) is 10.6. The topological polar surface area (TPSA) is 71.4 Å². The van der Waals surface area contributed by atoms with Crippen molar-refractivity contribution in [1.29, 1.82) is 0 Å². The van der Waals surface area contributed by atoms with E-state index in [1.165, 1.54) is 12.1 Å². The van der Waals surface area contributed by atoms with Crippen molar-refractivity contribution in [3.8, 4) is 0 Å². The van der Waals surface area contributed by atoms with Crippen molar-refractivity contribution in [2.24, 2.45) is 0 Å². The van der Waals surface area contributed by atoms with E-state index in [-0.39, 0.29) is 46.6 Å². The Labute approximate surface area is 117 Å². The molecular weight excluding hydrogens is 239 g/mol. The minimum atomic E-state index is -3.45. The third kappa shape index (κ3) is 4.65. The molecule has 0 bridgehead atoms. The van der Waals surface area contributed by atoms with E-state index >= 15 is 0 Å². The van der Waals surface area contributed by atoms with Gasteiger partial charge in [0.25, 0.3) is 0 Å². The number of carboxylic acids is 1. The molecule has 0 aliphatic heterocycles. The Bertz CT molecular complexity index is 450. The van der Waals surface area contributed by atoms with E-state index in [1.54, 1.807) is 12.1 Å². The second-order valence-electron chi connectivity index (χ2n) is 3.28. The Hall–Kier alpha value is -0.360. The first-order chi connectivity index (χ1) is 6.92. The van der Waals surface area contributed by atoms with Crippen LogP contribution in [-0.2, 0) is 14.6 Å². The van der Waals surface area contributed by atoms with Gasteiger partial charge in [-0.15, -0.1) is 0 Å². The summed E-state index contributed by atoms with van der Waals surface area (Å²) < 4.78 is 23.2. The summed E-state index contributed by atoms with van der Waals surface area (Å²) in [6.45, 7) is 1.85. The molecule has 0 radical (unpaired) electrons. The fraction of sp³-hybridized carbons (Fsp3) is 0.300. The van der Waals surface area contributed by atoms with E-state index in [4.69, 9.17) is 5.11 Å². The summed E-state index contributed by atoms with van der Waals surface area (Å²) in [6, 6.07) is 6.36. The molecule has 6 heteroatoms. The molecule has 0 saturated carbocycles. The standard InChI is InChI=1S/C10H12O4S.Na.H/c1-8-2-4-9(5-3-8)15(13,14)7-6-10(11)12;;/h2-5H,6-7H2,1H3,(H,11,12);;. The monoisotopic (exact) mass is 252 g/mol. The molecule has 0 atom stereocenters. The number of carboxylic acid groups (broad SMARTS) is 1. The van der Waals surface area contributed by atoms with Gasteiger partial charge < -0.3 is 5.11 Å². The van der Waals surface area contributed by atoms with E-state index in [2.05, 4.69) is 0 Å². The third-order valence-electron chi connectivity index (χ3n) is 1.96. The van der Waals surface area contributed by atoms with Gasteiger partial charge in [-0.05, 0) is 19.1 Å². The average Bonchev–Trinajstić information content (AvgIpc) is 2.16. The summed E-state index contributed by atoms with van der Waals surface area (Å²) in [5.41, 5.74) is 0.965. The SMILES string of the molecule is Cc1ccc(S(=O)(=O)CCC(=O)O)cc1.[NaH]. The van der Waals surface area contributed by atoms with Crippen LogP contribution in [0.3, 0.4) is 0 Å². The molecule has 0 saturated heterocycles. The number of aryl methyl sites for hydroxylation is 1. The zero-order chi connectivity index (χ0) is 11.5. The summed E-state index contributed by atoms with van der Waals surface area (Å²) >= 11 is 0. The molecule has 0 heterocycles. The predicted molar refractivity (Wildman–Crippen MR) is 62.6 cm³/mol. The summed E-state index contributed by atoms with van der Waals surface area (Å²) in [7, 11) is -3.45. The van der Waals surface area contributed by atoms with Gasteiger partial charge in [0.15, 0.2) is 9.84 Å². The number of sulfone groups is 1. The van der Waals surface area contributed by atoms with Gasteiger partial charge in [0.1, 0.15) is 0 Å². The summed E-state index contributed by atoms with van der Waals surface area (Å²) in [5.74, 6) is -1.46. The number of hydrogen-bond acceptors (Lipinski definition) is 3. The molecule has 0 fully saturated rings. The molecule has 1 rings (SSSR count). The molecule has 0 amide bonds. The van der Waals surface area contributed by atoms with Crippen LogP contribution < -0.4 is 0 Å². The molecule has 4 nitrogen and oxygen atoms in total. The molecular formula is C10H13NaO4S. The third-order valence-corrected chi connectivity index (χ3v) is 3.70. The molecule has 84 valence electrons. The number of carbonyl (C=O) groups is 1. The van der Waals surface area contributed by atoms with Crippen LogP contribution in [0.25, 0.3) is 0 Å². The van der Waals surface area contributed by atoms with E-state index in [0.29, 0.717) is 0 Å². The van der Waals surface area contributed by atoms with Crippen LogP contribution in [0.2, 0.25) is 0 Å². The summed E-state index contributed by atoms with van der Waals surface area (Å²) in [5, 5.41) is 8.40. The molecule has 0 aromatic heterocycles. The molecule has 0 aliphatic rings. The number of aliphatic carboxylic acids is 1. The van der Waals surface area contributed by atoms with Gasteiger partial charge in [-0.25, -0.2) is 8.42 Å². The van der Waals surface area contributed by atoms with Crippen LogP contribution in [0, 0.1) is 6.92 Å². The fourth-order valence-corrected chi connectivity index (χ4v) is 2.31. The van der Waals surface area contributed by atoms with Crippen molar-refractivity contribution in [3.63, 3.8) is 0 Å². The second kappa shape index (κ2) is 6.39. The maximum atomic E-state index is 11.6. The van der Waals surface area contributed by atoms with Crippen molar-refractivity contribution < 1.29 is 18.3 Å². The van der Waals surface area contributed by atoms with Gasteiger partial charge in [0.2, 0.25) is 0 Å². The first kappa shape index (κ1) is 15.6. The van der Waals surface area contributed by atoms with Gasteiger partial charge in [0.05, 0.1) is 17.1 Å². The number of benzene rings is 1. The van der Waals surface area contributed by atoms with Crippen molar-refractivity contribution in [1.82, 2.24) is 0 Å². The van der Waals surface area contributed by atoms with Gasteiger partial charge in [-0.2, -0.15) is 0 Å². The van der Waals surface area contributed by atoms with E-state index in [0.717, 1.165) is 5.56 Å². The molecule has 1 N–H and O–H groups in total. The van der Waals surface area contributed by atoms with Gasteiger partial charge in [0, 0.05) is 0 Å². The fourth-order valence-electron chi connectivity index (χ4n) is 1.09. The Balaban J connectivity index is 0.00000225. The predicted octanol–water partition coefficient (Wildman–Crippen LogP) is 0.595. The van der Waals surface area contributed by atoms with Crippen molar-refractivity contribution in [2.45, 2.75) is 18.2 Å². The van der Waals surface area contributed by atoms with E-state index < -0.39 is 15.8 Å². The van der Waals surface area contributed by atoms with Crippen LogP contribution in [0.5, 0.6) is 0 Å². The Morgan fingerprint density at radius 3 is 2.19 bits per heavy atom. The Kier molecular flexibility index (Phi) is 6.25. The van der Waals surface area contributed by atoms with Crippen LogP contribution in [0.15, 0.2) is 29.2 Å². The first-order valence-electron chi connectivity index (χ1n) is 4.43. The molecule has 0 unspecified atom stereocenters. The Morgan fingerprint density at radius 2 is 1.75 bits per heavy atom. The molecule has 0 spiro atoms. The van der Waals surface area contributed by atoms with Gasteiger partial charge in [-0.1, -0.05) is 17.7 Å². The molecule has 0 aliphatic carbocycles. The van der Waals surface area contributed by atoms with Gasteiger partial charge in [-0.3, -0.25) is 4.79 Å². The zero-order valence-electron chi connectivity index (χ0n) is 8.30. The van der Waals surface area contributed by atoms with Crippen molar-refractivity contribution in [3.05, 3.63) is 29.8 Å². The number of hydrogen-bond donors (Lipinski definition) is 1. The Morgan fingerprint density at radius 1 is 1.25 bits per heavy atom. The number of rotatable bonds is 4. The second-order valence-corrected chi connectivity index (χ2v) is 5.38. The van der Waals surface area contributed by atoms with E-state index in [1.807, 2.05) is 6.92 Å². The van der Waals surface area contributed by atoms with Gasteiger partial charge >= 0.3 is 35.5 Å². The summed E-state index contributed by atoms with van der Waals surface area (Å²) in [6.07, 6.45) is -0.365. The van der Waals surface area contributed by atoms with Crippen LogP contribution in [0.4, 0.5) is 0 Å². The minimum absolute atomic E-state index is 0. The van der Waals surface area contributed by atoms with Crippen LogP contribution in [-0.4, -0.2) is 54.8 Å². The zero-order valence-corrected chi connectivity index (χ0v) is 9.12. The molecule has 1 aromatic carbocycles. The molecule has 1 aromatic rings. The summed E-state index contributed by atoms with van der Waals surface area (Å²) in [4.78, 5) is 10.4. The maximum absolute atomic E-state index is 11.6. The van der Waals surface area contributed by atoms with Crippen molar-refractivity contribution >= 4 is 45.4 Å². The quantitative estimate of drug-likeness (QED) is 0.796. The molecule has 16 heavy (non-hydrogen) atoms. The van der Waals surface area contributed by atoms with E-state index in [9.17, 15) is 13.2 Å². The first-order valence-corrected chi connectivity index (χ1v) is 6.08. The average molecular weight is 252 g/mol.